The molecule has 1 atom stereocenters. The quantitative estimate of drug-likeness (QED) is 0.128. The summed E-state index contributed by atoms with van der Waals surface area (Å²) in [7, 11) is -4.03. The molecule has 0 saturated carbocycles. The summed E-state index contributed by atoms with van der Waals surface area (Å²) in [4.78, 5) is 20.2. The first-order valence-corrected chi connectivity index (χ1v) is 19.2. The number of halogens is 1. The predicted octanol–water partition coefficient (Wildman–Crippen LogP) is 8.39. The van der Waals surface area contributed by atoms with Crippen LogP contribution in [0.15, 0.2) is 47.5 Å². The molecule has 1 aliphatic rings. The first-order valence-electron chi connectivity index (χ1n) is 16.5. The van der Waals surface area contributed by atoms with Gasteiger partial charge in [0.2, 0.25) is 5.91 Å². The molecule has 14 heteroatoms. The van der Waals surface area contributed by atoms with Gasteiger partial charge in [-0.15, -0.1) is 21.5 Å². The molecule has 0 unspecified atom stereocenters. The number of fused-ring (bicyclic) bond motifs is 3. The zero-order chi connectivity index (χ0) is 37.3. The summed E-state index contributed by atoms with van der Waals surface area (Å²) in [5, 5.41) is 13.5. The molecule has 5 rings (SSSR count). The molecule has 270 valence electrons. The summed E-state index contributed by atoms with van der Waals surface area (Å²) in [5.74, 6) is 6.86. The van der Waals surface area contributed by atoms with Crippen LogP contribution in [0.4, 0.5) is 5.69 Å². The van der Waals surface area contributed by atoms with E-state index in [0.29, 0.717) is 33.5 Å². The lowest BCUT2D eigenvalue weighted by atomic mass is 9.99. The van der Waals surface area contributed by atoms with Crippen LogP contribution in [-0.2, 0) is 29.5 Å². The number of rotatable bonds is 9. The van der Waals surface area contributed by atoms with Crippen LogP contribution in [0.2, 0.25) is 5.02 Å². The van der Waals surface area contributed by atoms with E-state index in [4.69, 9.17) is 35.9 Å². The smallest absolute Gasteiger partial charge is 0.326 e. The maximum absolute atomic E-state index is 13.8. The zero-order valence-electron chi connectivity index (χ0n) is 30.4. The van der Waals surface area contributed by atoms with E-state index < -0.39 is 25.1 Å². The Morgan fingerprint density at radius 1 is 1.04 bits per heavy atom. The Morgan fingerprint density at radius 2 is 1.71 bits per heavy atom. The Bertz CT molecular complexity index is 2060. The highest BCUT2D eigenvalue weighted by atomic mass is 35.5. The predicted molar refractivity (Wildman–Crippen MR) is 203 cm³/mol. The maximum atomic E-state index is 13.8. The Morgan fingerprint density at radius 3 is 2.33 bits per heavy atom. The number of phosphoric ester groups is 1. The van der Waals surface area contributed by atoms with Gasteiger partial charge in [-0.05, 0) is 104 Å². The summed E-state index contributed by atoms with van der Waals surface area (Å²) in [6, 6.07) is 12.1. The molecular weight excluding hydrogens is 707 g/mol. The number of hydrogen-bond acceptors (Lipinski definition) is 10. The molecule has 0 saturated heterocycles. The van der Waals surface area contributed by atoms with Crippen LogP contribution >= 0.6 is 30.8 Å². The van der Waals surface area contributed by atoms with E-state index in [1.165, 1.54) is 0 Å². The van der Waals surface area contributed by atoms with Gasteiger partial charge in [0.05, 0.1) is 36.5 Å². The lowest BCUT2D eigenvalue weighted by molar-refractivity contribution is -0.116. The number of aromatic nitrogens is 3. The summed E-state index contributed by atoms with van der Waals surface area (Å²) in [5.41, 5.74) is 9.40. The number of thiophene rings is 1. The van der Waals surface area contributed by atoms with E-state index in [1.807, 2.05) is 35.8 Å². The van der Waals surface area contributed by atoms with E-state index in [2.05, 4.69) is 41.2 Å². The SMILES string of the molecule is Cc1sc2c(c1C)C(c1ccc(Cl)cc1)=N[C@@H](CC(=O)Nc1ccc(C#CCN)c(COP(=O)(OC(C)(C)C)OC(C)(C)C)c1)c1nnc(C)n1-2. The molecule has 4 aromatic rings. The minimum absolute atomic E-state index is 0.0171. The number of hydrogen-bond donors (Lipinski definition) is 2. The molecule has 0 radical (unpaired) electrons. The fraction of sp³-hybridized carbons (Fsp3) is 0.405. The number of nitrogens with one attached hydrogen (secondary N) is 1. The number of nitrogens with zero attached hydrogens (tertiary/aromatic N) is 4. The minimum atomic E-state index is -4.03. The highest BCUT2D eigenvalue weighted by molar-refractivity contribution is 7.48. The van der Waals surface area contributed by atoms with Gasteiger partial charge >= 0.3 is 7.82 Å². The number of aryl methyl sites for hydroxylation is 2. The Labute approximate surface area is 308 Å². The molecule has 2 aromatic heterocycles. The van der Waals surface area contributed by atoms with Gasteiger partial charge in [0.25, 0.3) is 0 Å². The second kappa shape index (κ2) is 15.1. The lowest BCUT2D eigenvalue weighted by Crippen LogP contribution is -2.24. The van der Waals surface area contributed by atoms with Crippen LogP contribution in [0, 0.1) is 32.6 Å². The van der Waals surface area contributed by atoms with E-state index in [0.717, 1.165) is 32.3 Å². The third-order valence-electron chi connectivity index (χ3n) is 7.60. The second-order valence-corrected chi connectivity index (χ2v) is 17.3. The third-order valence-corrected chi connectivity index (χ3v) is 11.0. The number of phosphoric acid groups is 1. The fourth-order valence-corrected chi connectivity index (χ4v) is 8.59. The monoisotopic (exact) mass is 750 g/mol. The number of nitrogens with two attached hydrogens (primary N) is 1. The van der Waals surface area contributed by atoms with Gasteiger partial charge in [-0.2, -0.15) is 0 Å². The van der Waals surface area contributed by atoms with E-state index in [9.17, 15) is 9.36 Å². The van der Waals surface area contributed by atoms with E-state index >= 15 is 0 Å². The highest BCUT2D eigenvalue weighted by Gasteiger charge is 2.37. The summed E-state index contributed by atoms with van der Waals surface area (Å²) < 4.78 is 33.3. The maximum Gasteiger partial charge on any atom is 0.476 e. The normalized spacial score (nSPS) is 14.6. The molecule has 2 aromatic carbocycles. The first kappa shape index (κ1) is 38.6. The molecule has 0 fully saturated rings. The molecule has 1 amide bonds. The number of carbonyl (C=O) groups excluding carboxylic acids is 1. The van der Waals surface area contributed by atoms with E-state index in [1.54, 1.807) is 71.1 Å². The zero-order valence-corrected chi connectivity index (χ0v) is 32.8. The van der Waals surface area contributed by atoms with Crippen molar-refractivity contribution in [3.63, 3.8) is 0 Å². The lowest BCUT2D eigenvalue weighted by Gasteiger charge is -2.31. The Balaban J connectivity index is 1.46. The summed E-state index contributed by atoms with van der Waals surface area (Å²) in [6.45, 7) is 16.7. The van der Waals surface area contributed by atoms with Crippen LogP contribution in [0.5, 0.6) is 0 Å². The van der Waals surface area contributed by atoms with Crippen molar-refractivity contribution in [2.45, 2.75) is 92.6 Å². The number of benzene rings is 2. The van der Waals surface area contributed by atoms with Crippen LogP contribution < -0.4 is 11.1 Å². The molecule has 51 heavy (non-hydrogen) atoms. The van der Waals surface area contributed by atoms with Crippen LogP contribution in [0.25, 0.3) is 5.00 Å². The topological polar surface area (TPSA) is 143 Å². The van der Waals surface area contributed by atoms with Crippen LogP contribution in [0.1, 0.15) is 98.3 Å². The molecule has 0 spiro atoms. The standard InChI is InChI=1S/C37H44ClN6O5PS/c1-22-23(2)51-35-32(22)33(26-12-15-28(38)16-13-26)41-30(34-43-42-24(3)44(34)35)20-31(45)40-29-17-14-25(11-10-18-39)27(19-29)21-47-50(46,48-36(4,5)6)49-37(7,8)9/h12-17,19,30H,18,20-21,39H2,1-9H3,(H,40,45)/t30-/m0/s1. The van der Waals surface area contributed by atoms with E-state index in [-0.39, 0.29) is 25.5 Å². The molecule has 11 nitrogen and oxygen atoms in total. The number of amides is 1. The molecular formula is C37H44ClN6O5PS. The van der Waals surface area contributed by atoms with Crippen molar-refractivity contribution in [1.82, 2.24) is 14.8 Å². The highest BCUT2D eigenvalue weighted by Crippen LogP contribution is 2.56. The van der Waals surface area contributed by atoms with Crippen molar-refractivity contribution in [2.75, 3.05) is 11.9 Å². The van der Waals surface area contributed by atoms with Crippen molar-refractivity contribution in [2.24, 2.45) is 10.7 Å². The number of anilines is 1. The molecule has 0 aliphatic carbocycles. The summed E-state index contributed by atoms with van der Waals surface area (Å²) >= 11 is 7.89. The van der Waals surface area contributed by atoms with Crippen molar-refractivity contribution in [3.05, 3.63) is 91.8 Å². The average Bonchev–Trinajstić information content (AvgIpc) is 3.50. The number of carbonyl (C=O) groups is 1. The van der Waals surface area contributed by atoms with Crippen LogP contribution in [0.3, 0.4) is 0 Å². The molecule has 0 bridgehead atoms. The van der Waals surface area contributed by atoms with Gasteiger partial charge in [0.15, 0.2) is 5.82 Å². The first-order chi connectivity index (χ1) is 23.9. The van der Waals surface area contributed by atoms with Crippen LogP contribution in [-0.4, -0.2) is 44.1 Å². The third kappa shape index (κ3) is 9.42. The van der Waals surface area contributed by atoms with Gasteiger partial charge in [-0.3, -0.25) is 27.9 Å². The van der Waals surface area contributed by atoms with Gasteiger partial charge in [-0.1, -0.05) is 35.6 Å². The fourth-order valence-electron chi connectivity index (χ4n) is 5.47. The molecule has 3 N–H and O–H groups in total. The van der Waals surface area contributed by atoms with Crippen molar-refractivity contribution in [3.8, 4) is 16.8 Å². The number of aliphatic imine (C=N–C) groups is 1. The van der Waals surface area contributed by atoms with Gasteiger partial charge in [0.1, 0.15) is 16.9 Å². The molecule has 3 heterocycles. The van der Waals surface area contributed by atoms with Gasteiger partial charge in [-0.25, -0.2) is 4.57 Å². The largest absolute Gasteiger partial charge is 0.476 e. The Kier molecular flexibility index (Phi) is 11.4. The van der Waals surface area contributed by atoms with Crippen molar-refractivity contribution >= 4 is 48.1 Å². The Hall–Kier alpha value is -3.66. The van der Waals surface area contributed by atoms with Gasteiger partial charge < -0.3 is 11.1 Å². The second-order valence-electron chi connectivity index (χ2n) is 14.2. The van der Waals surface area contributed by atoms with Gasteiger partial charge in [0, 0.05) is 32.3 Å². The molecule has 1 aliphatic heterocycles. The average molecular weight is 751 g/mol. The van der Waals surface area contributed by atoms with Crippen molar-refractivity contribution in [1.29, 1.82) is 0 Å². The van der Waals surface area contributed by atoms with Crippen molar-refractivity contribution < 1.29 is 22.9 Å². The minimum Gasteiger partial charge on any atom is -0.326 e. The summed E-state index contributed by atoms with van der Waals surface area (Å²) in [6.07, 6.45) is -0.0171.